The highest BCUT2D eigenvalue weighted by Gasteiger charge is 2.18. The molecule has 2 aromatic rings. The Morgan fingerprint density at radius 1 is 0.897 bits per heavy atom. The predicted octanol–water partition coefficient (Wildman–Crippen LogP) is 2.52. The molecule has 1 aliphatic rings. The van der Waals surface area contributed by atoms with Crippen molar-refractivity contribution in [2.75, 3.05) is 49.5 Å². The van der Waals surface area contributed by atoms with Crippen LogP contribution in [0.3, 0.4) is 0 Å². The van der Waals surface area contributed by atoms with Gasteiger partial charge in [0.1, 0.15) is 0 Å². The summed E-state index contributed by atoms with van der Waals surface area (Å²) >= 11 is 0. The van der Waals surface area contributed by atoms with Crippen LogP contribution in [0, 0.1) is 0 Å². The zero-order chi connectivity index (χ0) is 20.5. The molecule has 0 atom stereocenters. The third-order valence-electron chi connectivity index (χ3n) is 5.22. The van der Waals surface area contributed by atoms with E-state index < -0.39 is 0 Å². The number of carbonyl (C=O) groups is 2. The molecule has 0 aliphatic carbocycles. The Morgan fingerprint density at radius 3 is 2.31 bits per heavy atom. The van der Waals surface area contributed by atoms with Crippen molar-refractivity contribution in [1.29, 1.82) is 0 Å². The first kappa shape index (κ1) is 20.9. The van der Waals surface area contributed by atoms with Gasteiger partial charge in [0.15, 0.2) is 0 Å². The minimum absolute atomic E-state index is 0.0711. The molecule has 2 amide bonds. The third-order valence-corrected chi connectivity index (χ3v) is 5.22. The molecule has 0 aromatic heterocycles. The molecule has 1 aliphatic heterocycles. The van der Waals surface area contributed by atoms with E-state index in [1.165, 1.54) is 0 Å². The monoisotopic (exact) mass is 394 g/mol. The van der Waals surface area contributed by atoms with Gasteiger partial charge in [-0.3, -0.25) is 9.59 Å². The molecule has 0 saturated carbocycles. The number of carbonyl (C=O) groups excluding carboxylic acids is 2. The molecule has 6 nitrogen and oxygen atoms in total. The van der Waals surface area contributed by atoms with E-state index in [9.17, 15) is 9.59 Å². The van der Waals surface area contributed by atoms with Crippen LogP contribution in [-0.2, 0) is 16.0 Å². The molecule has 0 radical (unpaired) electrons. The maximum Gasteiger partial charge on any atom is 0.226 e. The Hall–Kier alpha value is -2.86. The summed E-state index contributed by atoms with van der Waals surface area (Å²) in [5, 5.41) is 5.83. The Morgan fingerprint density at radius 2 is 1.59 bits per heavy atom. The van der Waals surface area contributed by atoms with Gasteiger partial charge in [0, 0.05) is 39.1 Å². The molecule has 1 heterocycles. The van der Waals surface area contributed by atoms with Crippen molar-refractivity contribution in [3.05, 3.63) is 60.2 Å². The first-order valence-corrected chi connectivity index (χ1v) is 10.3. The molecule has 2 aromatic carbocycles. The van der Waals surface area contributed by atoms with E-state index in [2.05, 4.69) is 33.4 Å². The van der Waals surface area contributed by atoms with E-state index in [4.69, 9.17) is 0 Å². The van der Waals surface area contributed by atoms with Gasteiger partial charge in [-0.15, -0.1) is 0 Å². The average molecular weight is 395 g/mol. The van der Waals surface area contributed by atoms with Crippen molar-refractivity contribution in [2.24, 2.45) is 0 Å². The summed E-state index contributed by atoms with van der Waals surface area (Å²) in [5.41, 5.74) is 2.86. The Bertz CT molecular complexity index is 802. The first-order valence-electron chi connectivity index (χ1n) is 10.3. The van der Waals surface area contributed by atoms with Gasteiger partial charge in [-0.05, 0) is 24.2 Å². The predicted molar refractivity (Wildman–Crippen MR) is 117 cm³/mol. The molecule has 0 bridgehead atoms. The SMILES string of the molecule is CCN1CCN(c2ccccc2NC(=O)CCNC(=O)Cc2ccccc2)CC1. The molecule has 6 heteroatoms. The lowest BCUT2D eigenvalue weighted by Crippen LogP contribution is -2.46. The maximum absolute atomic E-state index is 12.4. The lowest BCUT2D eigenvalue weighted by molar-refractivity contribution is -0.120. The zero-order valence-corrected chi connectivity index (χ0v) is 17.1. The summed E-state index contributed by atoms with van der Waals surface area (Å²) in [4.78, 5) is 29.2. The normalized spacial score (nSPS) is 14.4. The number of para-hydroxylation sites is 2. The zero-order valence-electron chi connectivity index (χ0n) is 17.1. The first-order chi connectivity index (χ1) is 14.2. The van der Waals surface area contributed by atoms with Crippen molar-refractivity contribution in [1.82, 2.24) is 10.2 Å². The topological polar surface area (TPSA) is 64.7 Å². The Labute approximate surface area is 172 Å². The van der Waals surface area contributed by atoms with Crippen molar-refractivity contribution in [3.8, 4) is 0 Å². The van der Waals surface area contributed by atoms with Gasteiger partial charge in [-0.2, -0.15) is 0 Å². The fourth-order valence-corrected chi connectivity index (χ4v) is 3.53. The van der Waals surface area contributed by atoms with Crippen LogP contribution in [0.15, 0.2) is 54.6 Å². The smallest absolute Gasteiger partial charge is 0.226 e. The molecular formula is C23H30N4O2. The molecule has 1 fully saturated rings. The highest BCUT2D eigenvalue weighted by atomic mass is 16.2. The average Bonchev–Trinajstić information content (AvgIpc) is 2.75. The van der Waals surface area contributed by atoms with Gasteiger partial charge in [-0.25, -0.2) is 0 Å². The van der Waals surface area contributed by atoms with E-state index in [1.54, 1.807) is 0 Å². The van der Waals surface area contributed by atoms with Crippen LogP contribution in [0.4, 0.5) is 11.4 Å². The number of nitrogens with zero attached hydrogens (tertiary/aromatic N) is 2. The summed E-state index contributed by atoms with van der Waals surface area (Å²) in [6, 6.07) is 17.5. The minimum atomic E-state index is -0.0929. The fourth-order valence-electron chi connectivity index (χ4n) is 3.53. The summed E-state index contributed by atoms with van der Waals surface area (Å²) in [6.07, 6.45) is 0.577. The van der Waals surface area contributed by atoms with Gasteiger partial charge < -0.3 is 20.4 Å². The van der Waals surface area contributed by atoms with Crippen LogP contribution in [0.2, 0.25) is 0 Å². The number of hydrogen-bond acceptors (Lipinski definition) is 4. The summed E-state index contributed by atoms with van der Waals surface area (Å²) in [7, 11) is 0. The standard InChI is InChI=1S/C23H30N4O2/c1-2-26-14-16-27(17-15-26)21-11-7-6-10-20(21)25-22(28)12-13-24-23(29)18-19-8-4-3-5-9-19/h3-11H,2,12-18H2,1H3,(H,24,29)(H,25,28). The van der Waals surface area contributed by atoms with E-state index >= 15 is 0 Å². The number of benzene rings is 2. The second kappa shape index (κ2) is 10.6. The second-order valence-corrected chi connectivity index (χ2v) is 7.25. The molecule has 3 rings (SSSR count). The van der Waals surface area contributed by atoms with Gasteiger partial charge in [0.25, 0.3) is 0 Å². The largest absolute Gasteiger partial charge is 0.367 e. The van der Waals surface area contributed by atoms with E-state index in [-0.39, 0.29) is 18.2 Å². The van der Waals surface area contributed by atoms with E-state index in [0.29, 0.717) is 13.0 Å². The van der Waals surface area contributed by atoms with Gasteiger partial charge in [0.2, 0.25) is 11.8 Å². The van der Waals surface area contributed by atoms with Crippen molar-refractivity contribution in [3.63, 3.8) is 0 Å². The molecule has 0 unspecified atom stereocenters. The number of amides is 2. The molecular weight excluding hydrogens is 364 g/mol. The van der Waals surface area contributed by atoms with Crippen LogP contribution in [0.5, 0.6) is 0 Å². The quantitative estimate of drug-likeness (QED) is 0.722. The number of likely N-dealkylation sites (N-methyl/N-ethyl adjacent to an activating group) is 1. The highest BCUT2D eigenvalue weighted by molar-refractivity contribution is 5.94. The number of anilines is 2. The van der Waals surface area contributed by atoms with Gasteiger partial charge in [0.05, 0.1) is 17.8 Å². The second-order valence-electron chi connectivity index (χ2n) is 7.25. The van der Waals surface area contributed by atoms with Crippen molar-refractivity contribution >= 4 is 23.2 Å². The fraction of sp³-hybridized carbons (Fsp3) is 0.391. The van der Waals surface area contributed by atoms with Crippen LogP contribution in [0.1, 0.15) is 18.9 Å². The van der Waals surface area contributed by atoms with Crippen LogP contribution in [0.25, 0.3) is 0 Å². The summed E-state index contributed by atoms with van der Waals surface area (Å²) < 4.78 is 0. The lowest BCUT2D eigenvalue weighted by atomic mass is 10.1. The summed E-state index contributed by atoms with van der Waals surface area (Å²) in [6.45, 7) is 7.56. The van der Waals surface area contributed by atoms with Crippen molar-refractivity contribution < 1.29 is 9.59 Å². The number of rotatable bonds is 8. The number of nitrogens with one attached hydrogen (secondary N) is 2. The highest BCUT2D eigenvalue weighted by Crippen LogP contribution is 2.26. The lowest BCUT2D eigenvalue weighted by Gasteiger charge is -2.36. The molecule has 29 heavy (non-hydrogen) atoms. The number of hydrogen-bond donors (Lipinski definition) is 2. The molecule has 154 valence electrons. The molecule has 0 spiro atoms. The summed E-state index contributed by atoms with van der Waals surface area (Å²) in [5.74, 6) is -0.164. The van der Waals surface area contributed by atoms with E-state index in [1.807, 2.05) is 48.5 Å². The van der Waals surface area contributed by atoms with Crippen LogP contribution >= 0.6 is 0 Å². The Kier molecular flexibility index (Phi) is 7.64. The van der Waals surface area contributed by atoms with E-state index in [0.717, 1.165) is 49.7 Å². The minimum Gasteiger partial charge on any atom is -0.367 e. The molecule has 2 N–H and O–H groups in total. The maximum atomic E-state index is 12.4. The van der Waals surface area contributed by atoms with Crippen molar-refractivity contribution in [2.45, 2.75) is 19.8 Å². The number of piperazine rings is 1. The van der Waals surface area contributed by atoms with Crippen LogP contribution < -0.4 is 15.5 Å². The van der Waals surface area contributed by atoms with Gasteiger partial charge in [-0.1, -0.05) is 49.4 Å². The third kappa shape index (κ3) is 6.32. The van der Waals surface area contributed by atoms with Crippen LogP contribution in [-0.4, -0.2) is 56.0 Å². The van der Waals surface area contributed by atoms with Gasteiger partial charge >= 0.3 is 0 Å². The molecule has 1 saturated heterocycles. The Balaban J connectivity index is 1.46.